The number of hydrogen-bond acceptors (Lipinski definition) is 8. The highest BCUT2D eigenvalue weighted by Crippen LogP contribution is 2.34. The summed E-state index contributed by atoms with van der Waals surface area (Å²) in [6.07, 6.45) is 9.27. The van der Waals surface area contributed by atoms with Crippen molar-refractivity contribution in [1.29, 1.82) is 0 Å². The molecular formula is C28H24FN9OS. The van der Waals surface area contributed by atoms with Crippen LogP contribution in [-0.4, -0.2) is 54.1 Å². The van der Waals surface area contributed by atoms with Crippen molar-refractivity contribution < 1.29 is 9.18 Å². The van der Waals surface area contributed by atoms with E-state index in [-0.39, 0.29) is 11.0 Å². The number of hydrogen-bond donors (Lipinski definition) is 4. The highest BCUT2D eigenvalue weighted by molar-refractivity contribution is 7.14. The van der Waals surface area contributed by atoms with Gasteiger partial charge in [-0.2, -0.15) is 9.49 Å². The van der Waals surface area contributed by atoms with Gasteiger partial charge in [0.15, 0.2) is 16.6 Å². The molecule has 40 heavy (non-hydrogen) atoms. The van der Waals surface area contributed by atoms with Crippen molar-refractivity contribution in [2.24, 2.45) is 5.92 Å². The molecule has 0 unspecified atom stereocenters. The van der Waals surface area contributed by atoms with Crippen LogP contribution in [-0.2, 0) is 4.79 Å². The molecule has 7 heterocycles. The number of carbonyl (C=O) groups excluding carboxylic acids is 1. The lowest BCUT2D eigenvalue weighted by Gasteiger charge is -2.21. The van der Waals surface area contributed by atoms with E-state index in [1.165, 1.54) is 6.07 Å². The Morgan fingerprint density at radius 1 is 1.10 bits per heavy atom. The fourth-order valence-electron chi connectivity index (χ4n) is 5.14. The zero-order chi connectivity index (χ0) is 27.1. The minimum absolute atomic E-state index is 0.00506. The number of nitrogens with zero attached hydrogens (tertiary/aromatic N) is 5. The Bertz CT molecular complexity index is 1850. The number of aromatic nitrogens is 7. The van der Waals surface area contributed by atoms with Crippen molar-refractivity contribution in [1.82, 2.24) is 40.4 Å². The van der Waals surface area contributed by atoms with Crippen LogP contribution in [0.1, 0.15) is 19.3 Å². The van der Waals surface area contributed by atoms with Gasteiger partial charge >= 0.3 is 0 Å². The van der Waals surface area contributed by atoms with Crippen molar-refractivity contribution >= 4 is 45.0 Å². The largest absolute Gasteiger partial charge is 0.325 e. The van der Waals surface area contributed by atoms with Gasteiger partial charge in [0, 0.05) is 40.2 Å². The Labute approximate surface area is 231 Å². The number of thiophene rings is 1. The average molecular weight is 554 g/mol. The van der Waals surface area contributed by atoms with Crippen molar-refractivity contribution in [3.05, 3.63) is 60.3 Å². The van der Waals surface area contributed by atoms with Crippen molar-refractivity contribution in [2.75, 3.05) is 18.4 Å². The van der Waals surface area contributed by atoms with Crippen LogP contribution in [0.25, 0.3) is 55.3 Å². The summed E-state index contributed by atoms with van der Waals surface area (Å²) in [7, 11) is 0. The second-order valence-corrected chi connectivity index (χ2v) is 10.9. The molecule has 0 aliphatic carbocycles. The average Bonchev–Trinajstić information content (AvgIpc) is 3.71. The predicted octanol–water partition coefficient (Wildman–Crippen LogP) is 5.15. The third-order valence-electron chi connectivity index (χ3n) is 7.15. The van der Waals surface area contributed by atoms with E-state index in [0.29, 0.717) is 46.4 Å². The first-order valence-corrected chi connectivity index (χ1v) is 13.8. The van der Waals surface area contributed by atoms with Crippen LogP contribution < -0.4 is 10.6 Å². The van der Waals surface area contributed by atoms with Gasteiger partial charge in [0.1, 0.15) is 11.2 Å². The standard InChI is InChI=1S/C28H24FN9OS/c29-23-2-1-22(40-23)18-5-8-32-27-25(18)35-28(36-27)26-19-11-20(33-14-21(19)37-38-26)16-10-17(13-31-12-16)34-24(39)9-15-3-6-30-7-4-15/h1-2,5,8,10-15,30H,3-4,6-7,9H2,(H,34,39)(H,37,38)(H,32,35,36). The van der Waals surface area contributed by atoms with Crippen LogP contribution in [0.5, 0.6) is 0 Å². The van der Waals surface area contributed by atoms with E-state index in [0.717, 1.165) is 64.2 Å². The number of anilines is 1. The number of amides is 1. The van der Waals surface area contributed by atoms with Crippen LogP contribution >= 0.6 is 11.3 Å². The van der Waals surface area contributed by atoms with Crippen LogP contribution in [0.15, 0.2) is 55.1 Å². The van der Waals surface area contributed by atoms with Crippen molar-refractivity contribution in [3.63, 3.8) is 0 Å². The van der Waals surface area contributed by atoms with Gasteiger partial charge in [0.25, 0.3) is 0 Å². The molecule has 0 spiro atoms. The molecule has 1 aliphatic heterocycles. The molecule has 6 aromatic heterocycles. The Hall–Kier alpha value is -4.55. The molecule has 0 saturated carbocycles. The number of halogens is 1. The SMILES string of the molecule is O=C(CC1CCNCC1)Nc1cncc(-c2cc3c(-c4nc5c(-c6ccc(F)s6)ccnc5[nH]4)n[nH]c3cn2)c1. The monoisotopic (exact) mass is 553 g/mol. The maximum atomic E-state index is 13.7. The Morgan fingerprint density at radius 2 is 2.00 bits per heavy atom. The second kappa shape index (κ2) is 10.2. The Kier molecular flexibility index (Phi) is 6.25. The molecular weight excluding hydrogens is 529 g/mol. The highest BCUT2D eigenvalue weighted by Gasteiger charge is 2.19. The van der Waals surface area contributed by atoms with Gasteiger partial charge in [0.2, 0.25) is 5.91 Å². The summed E-state index contributed by atoms with van der Waals surface area (Å²) in [6.45, 7) is 1.92. The number of carbonyl (C=O) groups is 1. The molecule has 1 fully saturated rings. The molecule has 0 aromatic carbocycles. The summed E-state index contributed by atoms with van der Waals surface area (Å²) >= 11 is 1.06. The van der Waals surface area contributed by atoms with Crippen LogP contribution in [0.4, 0.5) is 10.1 Å². The van der Waals surface area contributed by atoms with Gasteiger partial charge in [-0.3, -0.25) is 19.9 Å². The highest BCUT2D eigenvalue weighted by atomic mass is 32.1. The molecule has 7 rings (SSSR count). The summed E-state index contributed by atoms with van der Waals surface area (Å²) < 4.78 is 13.7. The van der Waals surface area contributed by atoms with Gasteiger partial charge < -0.3 is 15.6 Å². The number of fused-ring (bicyclic) bond motifs is 2. The smallest absolute Gasteiger partial charge is 0.224 e. The van der Waals surface area contributed by atoms with E-state index in [4.69, 9.17) is 4.98 Å². The topological polar surface area (TPSA) is 137 Å². The minimum atomic E-state index is -0.256. The summed E-state index contributed by atoms with van der Waals surface area (Å²) in [5, 5.41) is 14.4. The molecule has 200 valence electrons. The van der Waals surface area contributed by atoms with Gasteiger partial charge in [-0.15, -0.1) is 11.3 Å². The number of rotatable bonds is 6. The number of piperidine rings is 1. The molecule has 0 bridgehead atoms. The van der Waals surface area contributed by atoms with E-state index in [1.807, 2.05) is 18.2 Å². The van der Waals surface area contributed by atoms with Crippen molar-refractivity contribution in [3.8, 4) is 33.2 Å². The van der Waals surface area contributed by atoms with Gasteiger partial charge in [-0.25, -0.2) is 9.97 Å². The third-order valence-corrected chi connectivity index (χ3v) is 8.05. The van der Waals surface area contributed by atoms with Crippen LogP contribution in [0.2, 0.25) is 0 Å². The number of pyridine rings is 3. The summed E-state index contributed by atoms with van der Waals surface area (Å²) in [5.41, 5.74) is 5.46. The van der Waals surface area contributed by atoms with Crippen molar-refractivity contribution in [2.45, 2.75) is 19.3 Å². The molecule has 6 aromatic rings. The zero-order valence-electron chi connectivity index (χ0n) is 21.2. The van der Waals surface area contributed by atoms with Gasteiger partial charge in [-0.1, -0.05) is 0 Å². The fourth-order valence-corrected chi connectivity index (χ4v) is 5.90. The van der Waals surface area contributed by atoms with E-state index in [1.54, 1.807) is 30.9 Å². The molecule has 10 nitrogen and oxygen atoms in total. The quantitative estimate of drug-likeness (QED) is 0.224. The zero-order valence-corrected chi connectivity index (χ0v) is 22.1. The Balaban J connectivity index is 1.19. The normalized spacial score (nSPS) is 14.2. The third kappa shape index (κ3) is 4.71. The summed E-state index contributed by atoms with van der Waals surface area (Å²) in [5.74, 6) is 0.930. The number of H-pyrrole nitrogens is 2. The molecule has 0 atom stereocenters. The molecule has 12 heteroatoms. The number of nitrogens with one attached hydrogen (secondary N) is 4. The minimum Gasteiger partial charge on any atom is -0.325 e. The molecule has 0 radical (unpaired) electrons. The van der Waals surface area contributed by atoms with Gasteiger partial charge in [0.05, 0.1) is 29.3 Å². The maximum absolute atomic E-state index is 13.7. The van der Waals surface area contributed by atoms with E-state index >= 15 is 0 Å². The first-order valence-electron chi connectivity index (χ1n) is 13.0. The van der Waals surface area contributed by atoms with Crippen LogP contribution in [0, 0.1) is 11.0 Å². The Morgan fingerprint density at radius 3 is 2.85 bits per heavy atom. The predicted molar refractivity (Wildman–Crippen MR) is 152 cm³/mol. The maximum Gasteiger partial charge on any atom is 0.224 e. The number of imidazole rings is 1. The second-order valence-electron chi connectivity index (χ2n) is 9.84. The molecule has 1 amide bonds. The lowest BCUT2D eigenvalue weighted by Crippen LogP contribution is -2.30. The fraction of sp³-hybridized carbons (Fsp3) is 0.214. The lowest BCUT2D eigenvalue weighted by molar-refractivity contribution is -0.117. The summed E-state index contributed by atoms with van der Waals surface area (Å²) in [6, 6.07) is 8.80. The van der Waals surface area contributed by atoms with E-state index in [2.05, 4.69) is 40.8 Å². The lowest BCUT2D eigenvalue weighted by atomic mass is 9.94. The van der Waals surface area contributed by atoms with Gasteiger partial charge in [-0.05, 0) is 62.2 Å². The van der Waals surface area contributed by atoms with E-state index < -0.39 is 0 Å². The molecule has 1 saturated heterocycles. The molecule has 4 N–H and O–H groups in total. The van der Waals surface area contributed by atoms with Crippen LogP contribution in [0.3, 0.4) is 0 Å². The molecule has 1 aliphatic rings. The summed E-state index contributed by atoms with van der Waals surface area (Å²) in [4.78, 5) is 34.8. The number of aromatic amines is 2. The van der Waals surface area contributed by atoms with E-state index in [9.17, 15) is 9.18 Å². The first-order chi connectivity index (χ1) is 19.6. The first kappa shape index (κ1) is 24.5.